The van der Waals surface area contributed by atoms with E-state index in [9.17, 15) is 31.9 Å². The molecule has 1 atom stereocenters. The van der Waals surface area contributed by atoms with Crippen LogP contribution in [-0.4, -0.2) is 32.2 Å². The number of hydrogen-bond acceptors (Lipinski definition) is 6. The van der Waals surface area contributed by atoms with E-state index in [-0.39, 0.29) is 29.2 Å². The van der Waals surface area contributed by atoms with Crippen LogP contribution in [0.5, 0.6) is 0 Å². The smallest absolute Gasteiger partial charge is 0.278 e. The number of H-pyrrole nitrogens is 1. The molecule has 13 heteroatoms. The Hall–Kier alpha value is -3.74. The third-order valence-electron chi connectivity index (χ3n) is 4.47. The van der Waals surface area contributed by atoms with Crippen LogP contribution in [0.1, 0.15) is 20.3 Å². The first-order valence-electron chi connectivity index (χ1n) is 9.79. The average molecular weight is 495 g/mol. The number of para-hydroxylation sites is 1. The molecule has 0 bridgehead atoms. The van der Waals surface area contributed by atoms with Gasteiger partial charge in [-0.3, -0.25) is 19.4 Å². The summed E-state index contributed by atoms with van der Waals surface area (Å²) in [5.74, 6) is -8.12. The molecule has 0 spiro atoms. The molecule has 8 nitrogen and oxygen atoms in total. The van der Waals surface area contributed by atoms with E-state index in [0.29, 0.717) is 23.0 Å². The van der Waals surface area contributed by atoms with Gasteiger partial charge >= 0.3 is 0 Å². The fraction of sp³-hybridized carbons (Fsp3) is 0.190. The van der Waals surface area contributed by atoms with Gasteiger partial charge in [-0.1, -0.05) is 36.9 Å². The number of nitrogens with zero attached hydrogens (tertiary/aromatic N) is 2. The summed E-state index contributed by atoms with van der Waals surface area (Å²) in [6.07, 6.45) is 0.224. The molecule has 3 N–H and O–H groups in total. The van der Waals surface area contributed by atoms with Gasteiger partial charge in [0.1, 0.15) is 5.69 Å². The van der Waals surface area contributed by atoms with Gasteiger partial charge in [0.05, 0.1) is 10.9 Å². The Labute approximate surface area is 194 Å². The Balaban J connectivity index is 1.79. The van der Waals surface area contributed by atoms with Crippen molar-refractivity contribution in [3.05, 3.63) is 64.0 Å². The topological polar surface area (TPSA) is 117 Å². The number of benzene rings is 2. The summed E-state index contributed by atoms with van der Waals surface area (Å²) in [6.45, 7) is 2.98. The maximum absolute atomic E-state index is 13.8. The van der Waals surface area contributed by atoms with Crippen LogP contribution in [0.15, 0.2) is 40.3 Å². The number of anilines is 2. The van der Waals surface area contributed by atoms with E-state index in [4.69, 9.17) is 0 Å². The van der Waals surface area contributed by atoms with Crippen molar-refractivity contribution >= 4 is 35.0 Å². The highest BCUT2D eigenvalue weighted by atomic mass is 32.2. The van der Waals surface area contributed by atoms with Gasteiger partial charge in [0.15, 0.2) is 34.1 Å². The van der Waals surface area contributed by atoms with Crippen molar-refractivity contribution in [3.8, 4) is 11.3 Å². The fourth-order valence-corrected chi connectivity index (χ4v) is 3.46. The predicted molar refractivity (Wildman–Crippen MR) is 117 cm³/mol. The number of halogens is 4. The molecule has 0 radical (unpaired) electrons. The lowest BCUT2D eigenvalue weighted by molar-refractivity contribution is -0.116. The molecule has 1 heterocycles. The number of amides is 2. The van der Waals surface area contributed by atoms with Crippen LogP contribution < -0.4 is 16.2 Å². The van der Waals surface area contributed by atoms with E-state index in [0.717, 1.165) is 0 Å². The monoisotopic (exact) mass is 495 g/mol. The molecule has 0 saturated heterocycles. The number of aromatic amines is 1. The Morgan fingerprint density at radius 3 is 2.32 bits per heavy atom. The number of carbonyl (C=O) groups is 2. The van der Waals surface area contributed by atoms with Crippen molar-refractivity contribution < 1.29 is 27.2 Å². The summed E-state index contributed by atoms with van der Waals surface area (Å²) >= 11 is 0.684. The SMILES string of the molecule is CCC(=O)Nc1ccccc1-c1nnc(S[C@@H](C)C(=O)Nc2c(F)c(F)cc(F)c2F)[nH]c1=O. The van der Waals surface area contributed by atoms with Crippen LogP contribution in [0, 0.1) is 23.3 Å². The lowest BCUT2D eigenvalue weighted by atomic mass is 10.1. The van der Waals surface area contributed by atoms with Crippen molar-refractivity contribution in [2.45, 2.75) is 30.7 Å². The zero-order valence-electron chi connectivity index (χ0n) is 17.7. The molecular weight excluding hydrogens is 478 g/mol. The highest BCUT2D eigenvalue weighted by molar-refractivity contribution is 8.00. The van der Waals surface area contributed by atoms with E-state index in [1.807, 2.05) is 0 Å². The number of hydrogen-bond donors (Lipinski definition) is 3. The fourth-order valence-electron chi connectivity index (χ4n) is 2.72. The van der Waals surface area contributed by atoms with Crippen LogP contribution >= 0.6 is 11.8 Å². The first kappa shape index (κ1) is 24.9. The van der Waals surface area contributed by atoms with Crippen LogP contribution in [0.2, 0.25) is 0 Å². The number of nitrogens with one attached hydrogen (secondary N) is 3. The van der Waals surface area contributed by atoms with E-state index < -0.39 is 45.7 Å². The van der Waals surface area contributed by atoms with Crippen LogP contribution in [-0.2, 0) is 9.59 Å². The molecule has 2 aromatic carbocycles. The number of carbonyl (C=O) groups excluding carboxylic acids is 2. The van der Waals surface area contributed by atoms with Crippen LogP contribution in [0.4, 0.5) is 28.9 Å². The highest BCUT2D eigenvalue weighted by Crippen LogP contribution is 2.27. The van der Waals surface area contributed by atoms with Gasteiger partial charge in [-0.25, -0.2) is 17.6 Å². The van der Waals surface area contributed by atoms with Crippen molar-refractivity contribution in [3.63, 3.8) is 0 Å². The van der Waals surface area contributed by atoms with E-state index in [2.05, 4.69) is 20.5 Å². The Morgan fingerprint density at radius 1 is 1.06 bits per heavy atom. The van der Waals surface area contributed by atoms with Crippen molar-refractivity contribution in [2.24, 2.45) is 0 Å². The quantitative estimate of drug-likeness (QED) is 0.260. The number of aromatic nitrogens is 3. The van der Waals surface area contributed by atoms with Gasteiger partial charge in [0.25, 0.3) is 5.56 Å². The minimum atomic E-state index is -1.75. The standard InChI is InChI=1S/C21H17F4N5O3S/c1-3-14(31)26-13-7-5-4-6-10(13)17-20(33)28-21(30-29-17)34-9(2)19(32)27-18-15(24)11(22)8-12(23)16(18)25/h4-9H,3H2,1-2H3,(H,26,31)(H,27,32)(H,28,30,33)/t9-/m0/s1. The normalized spacial score (nSPS) is 11.7. The molecule has 178 valence electrons. The van der Waals surface area contributed by atoms with Gasteiger partial charge in [-0.05, 0) is 13.0 Å². The lowest BCUT2D eigenvalue weighted by Crippen LogP contribution is -2.25. The minimum absolute atomic E-state index is 0.0200. The van der Waals surface area contributed by atoms with E-state index >= 15 is 0 Å². The second-order valence-corrected chi connectivity index (χ2v) is 8.18. The molecule has 0 unspecified atom stereocenters. The zero-order valence-corrected chi connectivity index (χ0v) is 18.5. The summed E-state index contributed by atoms with van der Waals surface area (Å²) in [6, 6.07) is 6.48. The molecule has 0 saturated carbocycles. The Kier molecular flexibility index (Phi) is 7.66. The summed E-state index contributed by atoms with van der Waals surface area (Å²) in [5, 5.41) is 11.0. The number of rotatable bonds is 7. The molecule has 3 aromatic rings. The second-order valence-electron chi connectivity index (χ2n) is 6.85. The summed E-state index contributed by atoms with van der Waals surface area (Å²) in [7, 11) is 0. The molecule has 3 rings (SSSR count). The molecule has 0 aliphatic rings. The molecule has 1 aromatic heterocycles. The molecule has 0 aliphatic carbocycles. The second kappa shape index (κ2) is 10.5. The summed E-state index contributed by atoms with van der Waals surface area (Å²) < 4.78 is 54.3. The van der Waals surface area contributed by atoms with Gasteiger partial charge in [0.2, 0.25) is 11.8 Å². The largest absolute Gasteiger partial charge is 0.325 e. The van der Waals surface area contributed by atoms with Crippen molar-refractivity contribution in [1.82, 2.24) is 15.2 Å². The Bertz CT molecular complexity index is 1290. The van der Waals surface area contributed by atoms with E-state index in [1.165, 1.54) is 6.92 Å². The van der Waals surface area contributed by atoms with Gasteiger partial charge in [-0.15, -0.1) is 10.2 Å². The van der Waals surface area contributed by atoms with Gasteiger partial charge in [0, 0.05) is 18.1 Å². The van der Waals surface area contributed by atoms with Gasteiger partial charge < -0.3 is 10.6 Å². The van der Waals surface area contributed by atoms with Gasteiger partial charge in [-0.2, -0.15) is 0 Å². The third kappa shape index (κ3) is 5.42. The van der Waals surface area contributed by atoms with Crippen molar-refractivity contribution in [2.75, 3.05) is 10.6 Å². The maximum Gasteiger partial charge on any atom is 0.278 e. The number of thioether (sulfide) groups is 1. The van der Waals surface area contributed by atoms with Crippen molar-refractivity contribution in [1.29, 1.82) is 0 Å². The molecule has 0 fully saturated rings. The van der Waals surface area contributed by atoms with E-state index in [1.54, 1.807) is 36.5 Å². The highest BCUT2D eigenvalue weighted by Gasteiger charge is 2.24. The first-order chi connectivity index (χ1) is 16.1. The van der Waals surface area contributed by atoms with Crippen LogP contribution in [0.3, 0.4) is 0 Å². The summed E-state index contributed by atoms with van der Waals surface area (Å²) in [5.41, 5.74) is -1.36. The lowest BCUT2D eigenvalue weighted by Gasteiger charge is -2.13. The maximum atomic E-state index is 13.8. The minimum Gasteiger partial charge on any atom is -0.325 e. The predicted octanol–water partition coefficient (Wildman–Crippen LogP) is 3.86. The summed E-state index contributed by atoms with van der Waals surface area (Å²) in [4.78, 5) is 39.1. The third-order valence-corrected chi connectivity index (χ3v) is 5.45. The van der Waals surface area contributed by atoms with Crippen LogP contribution in [0.25, 0.3) is 11.3 Å². The first-order valence-corrected chi connectivity index (χ1v) is 10.7. The molecule has 0 aliphatic heterocycles. The molecule has 34 heavy (non-hydrogen) atoms. The zero-order chi connectivity index (χ0) is 25.0. The molecule has 2 amide bonds. The molecular formula is C21H17F4N5O3S. The average Bonchev–Trinajstić information content (AvgIpc) is 2.81. The Morgan fingerprint density at radius 2 is 1.71 bits per heavy atom.